The van der Waals surface area contributed by atoms with Gasteiger partial charge in [-0.05, 0) is 24.3 Å². The van der Waals surface area contributed by atoms with Crippen LogP contribution in [0.15, 0.2) is 108 Å². The summed E-state index contributed by atoms with van der Waals surface area (Å²) in [6.45, 7) is 0. The number of nitrogens with one attached hydrogen (secondary N) is 7. The number of rotatable bonds is 8. The molecular formula is C27H20N12O4. The molecular weight excluding hydrogens is 556 g/mol. The molecule has 6 aromatic rings. The van der Waals surface area contributed by atoms with Crippen molar-refractivity contribution in [1.29, 1.82) is 0 Å². The molecule has 6 rings (SSSR count). The molecule has 16 nitrogen and oxygen atoms in total. The van der Waals surface area contributed by atoms with E-state index in [0.717, 1.165) is 11.4 Å². The van der Waals surface area contributed by atoms with E-state index in [9.17, 15) is 19.2 Å². The van der Waals surface area contributed by atoms with Crippen molar-refractivity contribution in [1.82, 2.24) is 40.6 Å². The lowest BCUT2D eigenvalue weighted by Gasteiger charge is -2.09. The monoisotopic (exact) mass is 576 g/mol. The highest BCUT2D eigenvalue weighted by atomic mass is 16.2. The molecule has 0 saturated carbocycles. The predicted octanol–water partition coefficient (Wildman–Crippen LogP) is 3.19. The Morgan fingerprint density at radius 2 is 1.05 bits per heavy atom. The second-order valence-corrected chi connectivity index (χ2v) is 8.89. The van der Waals surface area contributed by atoms with E-state index in [-0.39, 0.29) is 33.9 Å². The Hall–Kier alpha value is -6.71. The minimum absolute atomic E-state index is 0.00452. The molecule has 0 atom stereocenters. The van der Waals surface area contributed by atoms with Gasteiger partial charge in [0, 0.05) is 22.5 Å². The fourth-order valence-electron chi connectivity index (χ4n) is 4.13. The highest BCUT2D eigenvalue weighted by Crippen LogP contribution is 2.40. The molecule has 7 N–H and O–H groups in total. The summed E-state index contributed by atoms with van der Waals surface area (Å²) in [5, 5.41) is 34.7. The van der Waals surface area contributed by atoms with E-state index in [1.54, 1.807) is 0 Å². The maximum absolute atomic E-state index is 12.7. The summed E-state index contributed by atoms with van der Waals surface area (Å²) in [7, 11) is 0. The van der Waals surface area contributed by atoms with Gasteiger partial charge >= 0.3 is 11.4 Å². The molecule has 0 aliphatic carbocycles. The Labute approximate surface area is 239 Å². The Bertz CT molecular complexity index is 2040. The van der Waals surface area contributed by atoms with Crippen LogP contribution in [0.5, 0.6) is 0 Å². The van der Waals surface area contributed by atoms with E-state index < -0.39 is 22.5 Å². The van der Waals surface area contributed by atoms with Gasteiger partial charge in [0.1, 0.15) is 5.69 Å². The molecule has 0 saturated heterocycles. The summed E-state index contributed by atoms with van der Waals surface area (Å²) in [5.74, 6) is 0.694. The van der Waals surface area contributed by atoms with Crippen LogP contribution in [0.4, 0.5) is 34.4 Å². The third kappa shape index (κ3) is 5.64. The molecule has 3 heterocycles. The molecule has 16 heteroatoms. The van der Waals surface area contributed by atoms with Crippen LogP contribution < -0.4 is 33.1 Å². The fourth-order valence-corrected chi connectivity index (χ4v) is 4.13. The summed E-state index contributed by atoms with van der Waals surface area (Å²) < 4.78 is 0. The van der Waals surface area contributed by atoms with Gasteiger partial charge < -0.3 is 10.6 Å². The number of anilines is 4. The number of para-hydroxylation sites is 2. The predicted molar refractivity (Wildman–Crippen MR) is 158 cm³/mol. The number of hydrogen-bond donors (Lipinski definition) is 7. The molecule has 3 aromatic carbocycles. The maximum atomic E-state index is 12.7. The number of H-pyrrole nitrogens is 5. The average molecular weight is 577 g/mol. The number of aromatic amines is 5. The molecule has 0 spiro atoms. The van der Waals surface area contributed by atoms with Gasteiger partial charge in [-0.2, -0.15) is 15.3 Å². The fraction of sp³-hybridized carbons (Fsp3) is 0. The highest BCUT2D eigenvalue weighted by Gasteiger charge is 2.20. The van der Waals surface area contributed by atoms with Crippen molar-refractivity contribution < 1.29 is 0 Å². The summed E-state index contributed by atoms with van der Waals surface area (Å²) in [4.78, 5) is 53.0. The van der Waals surface area contributed by atoms with Crippen molar-refractivity contribution in [3.05, 3.63) is 121 Å². The number of aromatic nitrogens is 8. The van der Waals surface area contributed by atoms with Crippen molar-refractivity contribution in [3.8, 4) is 22.5 Å². The van der Waals surface area contributed by atoms with Crippen LogP contribution in [0.1, 0.15) is 0 Å². The van der Waals surface area contributed by atoms with Crippen LogP contribution in [0.25, 0.3) is 22.5 Å². The van der Waals surface area contributed by atoms with Gasteiger partial charge in [0.15, 0.2) is 28.7 Å². The number of benzene rings is 3. The Morgan fingerprint density at radius 3 is 1.58 bits per heavy atom. The van der Waals surface area contributed by atoms with Gasteiger partial charge in [-0.15, -0.1) is 10.2 Å². The Kier molecular flexibility index (Phi) is 7.04. The standard InChI is InChI=1S/C27H20N12O4/c40-24-19(33-38-26(42)30-24)16-12-7-13-17(20-25(41)31-27(43)39-34-20)18(16)32-35-21-22(28-14-8-3-1-4-9-14)36-37-23(21)29-15-10-5-2-6-11-15/h1-13H,(H3,28,29,36,37)(H2,30,38,40,42)(H2,31,39,41,43)/b35-32+. The summed E-state index contributed by atoms with van der Waals surface area (Å²) in [6, 6.07) is 23.1. The highest BCUT2D eigenvalue weighted by molar-refractivity contribution is 5.86. The molecule has 0 radical (unpaired) electrons. The van der Waals surface area contributed by atoms with E-state index in [0.29, 0.717) is 11.6 Å². The van der Waals surface area contributed by atoms with Gasteiger partial charge in [-0.3, -0.25) is 24.7 Å². The molecule has 0 aliphatic rings. The SMILES string of the molecule is O=c1[nH]nc(-c2cccc(-c3n[nH]c(=O)[nH]c3=O)c2/N=N/c2c(Nc3ccccc3)n[nH]c2Nc2ccccc2)c(=O)[nH]1. The second kappa shape index (κ2) is 11.4. The van der Waals surface area contributed by atoms with E-state index in [1.807, 2.05) is 60.7 Å². The van der Waals surface area contributed by atoms with Crippen molar-refractivity contribution in [2.75, 3.05) is 10.6 Å². The van der Waals surface area contributed by atoms with E-state index in [1.165, 1.54) is 18.2 Å². The molecule has 0 amide bonds. The van der Waals surface area contributed by atoms with Gasteiger partial charge in [0.2, 0.25) is 0 Å². The molecule has 0 unspecified atom stereocenters. The Morgan fingerprint density at radius 1 is 0.535 bits per heavy atom. The van der Waals surface area contributed by atoms with Gasteiger partial charge in [0.25, 0.3) is 11.1 Å². The summed E-state index contributed by atoms with van der Waals surface area (Å²) >= 11 is 0. The summed E-state index contributed by atoms with van der Waals surface area (Å²) in [6.07, 6.45) is 0. The molecule has 0 bridgehead atoms. The molecule has 212 valence electrons. The third-order valence-corrected chi connectivity index (χ3v) is 6.04. The molecule has 3 aromatic heterocycles. The minimum Gasteiger partial charge on any atom is -0.339 e. The second-order valence-electron chi connectivity index (χ2n) is 8.89. The quantitative estimate of drug-likeness (QED) is 0.132. The number of nitrogens with zero attached hydrogens (tertiary/aromatic N) is 5. The topological polar surface area (TPSA) is 235 Å². The van der Waals surface area contributed by atoms with Gasteiger partial charge in [-0.25, -0.2) is 19.8 Å². The first-order chi connectivity index (χ1) is 21.0. The zero-order chi connectivity index (χ0) is 29.8. The van der Waals surface area contributed by atoms with Crippen LogP contribution in [-0.4, -0.2) is 40.6 Å². The van der Waals surface area contributed by atoms with Gasteiger partial charge in [-0.1, -0.05) is 54.6 Å². The van der Waals surface area contributed by atoms with Crippen LogP contribution in [-0.2, 0) is 0 Å². The largest absolute Gasteiger partial charge is 0.342 e. The lowest BCUT2D eigenvalue weighted by atomic mass is 10.0. The van der Waals surface area contributed by atoms with Crippen LogP contribution in [0, 0.1) is 0 Å². The van der Waals surface area contributed by atoms with Gasteiger partial charge in [0.05, 0.1) is 0 Å². The minimum atomic E-state index is -0.807. The average Bonchev–Trinajstić information content (AvgIpc) is 3.37. The zero-order valence-electron chi connectivity index (χ0n) is 21.9. The van der Waals surface area contributed by atoms with Crippen molar-refractivity contribution in [3.63, 3.8) is 0 Å². The van der Waals surface area contributed by atoms with Crippen LogP contribution in [0.2, 0.25) is 0 Å². The van der Waals surface area contributed by atoms with Crippen molar-refractivity contribution >= 4 is 34.4 Å². The van der Waals surface area contributed by atoms with E-state index >= 15 is 0 Å². The third-order valence-electron chi connectivity index (χ3n) is 6.04. The smallest absolute Gasteiger partial charge is 0.339 e. The number of hydrogen-bond acceptors (Lipinski definition) is 11. The normalized spacial score (nSPS) is 11.1. The Balaban J connectivity index is 1.54. The first-order valence-electron chi connectivity index (χ1n) is 12.6. The maximum Gasteiger partial charge on any atom is 0.342 e. The summed E-state index contributed by atoms with van der Waals surface area (Å²) in [5.41, 5.74) is -1.68. The van der Waals surface area contributed by atoms with Crippen molar-refractivity contribution in [2.45, 2.75) is 0 Å². The first kappa shape index (κ1) is 26.5. The zero-order valence-corrected chi connectivity index (χ0v) is 21.9. The molecule has 0 aliphatic heterocycles. The van der Waals surface area contributed by atoms with E-state index in [4.69, 9.17) is 0 Å². The van der Waals surface area contributed by atoms with E-state index in [2.05, 4.69) is 61.4 Å². The lowest BCUT2D eigenvalue weighted by Crippen LogP contribution is -2.26. The van der Waals surface area contributed by atoms with Crippen LogP contribution in [0.3, 0.4) is 0 Å². The molecule has 43 heavy (non-hydrogen) atoms. The van der Waals surface area contributed by atoms with Crippen molar-refractivity contribution in [2.24, 2.45) is 10.2 Å². The number of azo groups is 1. The lowest BCUT2D eigenvalue weighted by molar-refractivity contribution is 0.894. The molecule has 0 fully saturated rings. The van der Waals surface area contributed by atoms with Crippen LogP contribution >= 0.6 is 0 Å². The first-order valence-corrected chi connectivity index (χ1v) is 12.6.